The molecule has 0 amide bonds. The van der Waals surface area contributed by atoms with Crippen LogP contribution < -0.4 is 11.1 Å². The van der Waals surface area contributed by atoms with Crippen molar-refractivity contribution in [2.24, 2.45) is 5.73 Å². The van der Waals surface area contributed by atoms with Gasteiger partial charge in [0.15, 0.2) is 0 Å². The minimum Gasteiger partial charge on any atom is -0.389 e. The van der Waals surface area contributed by atoms with Gasteiger partial charge in [0.2, 0.25) is 0 Å². The number of nitrogens with two attached hydrogens (primary N) is 1. The second-order valence-electron chi connectivity index (χ2n) is 5.07. The highest BCUT2D eigenvalue weighted by atomic mass is 32.2. The van der Waals surface area contributed by atoms with E-state index in [1.807, 2.05) is 6.07 Å². The molecule has 2 rings (SSSR count). The molecule has 0 bridgehead atoms. The van der Waals surface area contributed by atoms with Crippen molar-refractivity contribution in [1.29, 1.82) is 0 Å². The van der Waals surface area contributed by atoms with Gasteiger partial charge in [-0.05, 0) is 49.3 Å². The van der Waals surface area contributed by atoms with E-state index in [1.54, 1.807) is 0 Å². The molecule has 1 fully saturated rings. The second-order valence-corrected chi connectivity index (χ2v) is 7.03. The molecule has 104 valence electrons. The van der Waals surface area contributed by atoms with Crippen LogP contribution in [0.1, 0.15) is 37.3 Å². The third-order valence-electron chi connectivity index (χ3n) is 3.68. The van der Waals surface area contributed by atoms with Crippen LogP contribution in [0.3, 0.4) is 0 Å². The first-order valence-electron chi connectivity index (χ1n) is 6.90. The van der Waals surface area contributed by atoms with Gasteiger partial charge in [-0.1, -0.05) is 25.6 Å². The Morgan fingerprint density at radius 1 is 1.47 bits per heavy atom. The predicted molar refractivity (Wildman–Crippen MR) is 90.2 cm³/mol. The van der Waals surface area contributed by atoms with Crippen LogP contribution in [-0.2, 0) is 0 Å². The van der Waals surface area contributed by atoms with Gasteiger partial charge < -0.3 is 11.1 Å². The first-order chi connectivity index (χ1) is 9.11. The van der Waals surface area contributed by atoms with E-state index >= 15 is 0 Å². The van der Waals surface area contributed by atoms with Crippen LogP contribution in [0.15, 0.2) is 18.2 Å². The van der Waals surface area contributed by atoms with Crippen LogP contribution >= 0.6 is 24.0 Å². The summed E-state index contributed by atoms with van der Waals surface area (Å²) in [5, 5.41) is 4.43. The summed E-state index contributed by atoms with van der Waals surface area (Å²) in [6.45, 7) is 4.30. The number of rotatable bonds is 5. The zero-order valence-electron chi connectivity index (χ0n) is 11.6. The first-order valence-corrected chi connectivity index (χ1v) is 8.36. The summed E-state index contributed by atoms with van der Waals surface area (Å²) in [4.78, 5) is 0.476. The summed E-state index contributed by atoms with van der Waals surface area (Å²) in [6, 6.07) is 6.87. The van der Waals surface area contributed by atoms with Crippen molar-refractivity contribution >= 4 is 34.7 Å². The lowest BCUT2D eigenvalue weighted by Gasteiger charge is -2.22. The zero-order chi connectivity index (χ0) is 13.8. The molecule has 2 atom stereocenters. The lowest BCUT2D eigenvalue weighted by molar-refractivity contribution is 0.767. The molecule has 19 heavy (non-hydrogen) atoms. The minimum atomic E-state index is 0.476. The third-order valence-corrected chi connectivity index (χ3v) is 5.22. The van der Waals surface area contributed by atoms with E-state index in [2.05, 4.69) is 43.1 Å². The largest absolute Gasteiger partial charge is 0.389 e. The zero-order valence-corrected chi connectivity index (χ0v) is 13.2. The highest BCUT2D eigenvalue weighted by Gasteiger charge is 2.26. The number of hydrogen-bond acceptors (Lipinski definition) is 3. The molecule has 1 aromatic carbocycles. The number of thioether (sulfide) groups is 1. The quantitative estimate of drug-likeness (QED) is 0.812. The van der Waals surface area contributed by atoms with E-state index in [0.29, 0.717) is 11.0 Å². The van der Waals surface area contributed by atoms with Gasteiger partial charge in [0.05, 0.1) is 0 Å². The summed E-state index contributed by atoms with van der Waals surface area (Å²) in [7, 11) is 0. The average Bonchev–Trinajstić information content (AvgIpc) is 2.77. The maximum absolute atomic E-state index is 5.70. The number of thiocarbonyl (C=S) groups is 1. The van der Waals surface area contributed by atoms with E-state index in [-0.39, 0.29) is 0 Å². The number of hydrogen-bond donors (Lipinski definition) is 2. The molecule has 2 nitrogen and oxygen atoms in total. The maximum Gasteiger partial charge on any atom is 0.104 e. The summed E-state index contributed by atoms with van der Waals surface area (Å²) in [5.74, 6) is 1.20. The Balaban J connectivity index is 2.07. The Morgan fingerprint density at radius 2 is 2.26 bits per heavy atom. The fourth-order valence-electron chi connectivity index (χ4n) is 2.75. The van der Waals surface area contributed by atoms with E-state index in [4.69, 9.17) is 18.0 Å². The van der Waals surface area contributed by atoms with Gasteiger partial charge in [0, 0.05) is 22.5 Å². The summed E-state index contributed by atoms with van der Waals surface area (Å²) in [5.41, 5.74) is 9.01. The molecule has 0 saturated heterocycles. The van der Waals surface area contributed by atoms with Crippen molar-refractivity contribution < 1.29 is 0 Å². The molecule has 0 aromatic heterocycles. The van der Waals surface area contributed by atoms with Crippen molar-refractivity contribution in [1.82, 2.24) is 0 Å². The standard InChI is InChI=1S/C15H22N2S2/c1-3-19-14-6-4-5-13(14)17-11-7-8-12(15(16)18)10(2)9-11/h7-9,13-14,17H,3-6H2,1-2H3,(H2,16,18). The first kappa shape index (κ1) is 14.7. The van der Waals surface area contributed by atoms with Crippen LogP contribution in [-0.4, -0.2) is 22.0 Å². The van der Waals surface area contributed by atoms with Gasteiger partial charge in [-0.3, -0.25) is 0 Å². The summed E-state index contributed by atoms with van der Waals surface area (Å²) in [6.07, 6.45) is 3.94. The number of aryl methyl sites for hydroxylation is 1. The molecule has 3 N–H and O–H groups in total. The Labute approximate surface area is 125 Å². The molecular formula is C15H22N2S2. The molecule has 0 radical (unpaired) electrons. The summed E-state index contributed by atoms with van der Waals surface area (Å²) >= 11 is 7.12. The molecule has 0 heterocycles. The van der Waals surface area contributed by atoms with Crippen molar-refractivity contribution in [2.75, 3.05) is 11.1 Å². The normalized spacial score (nSPS) is 22.4. The average molecular weight is 294 g/mol. The Kier molecular flexibility index (Phi) is 5.11. The Morgan fingerprint density at radius 3 is 2.89 bits per heavy atom. The molecular weight excluding hydrogens is 272 g/mol. The second kappa shape index (κ2) is 6.62. The predicted octanol–water partition coefficient (Wildman–Crippen LogP) is 3.72. The maximum atomic E-state index is 5.70. The van der Waals surface area contributed by atoms with Gasteiger partial charge in [-0.2, -0.15) is 11.8 Å². The highest BCUT2D eigenvalue weighted by molar-refractivity contribution is 7.99. The fourth-order valence-corrected chi connectivity index (χ4v) is 4.18. The molecule has 2 unspecified atom stereocenters. The lowest BCUT2D eigenvalue weighted by Crippen LogP contribution is -2.26. The van der Waals surface area contributed by atoms with Crippen molar-refractivity contribution in [3.8, 4) is 0 Å². The van der Waals surface area contributed by atoms with E-state index in [9.17, 15) is 0 Å². The molecule has 1 aliphatic rings. The smallest absolute Gasteiger partial charge is 0.104 e. The van der Waals surface area contributed by atoms with Gasteiger partial charge in [0.25, 0.3) is 0 Å². The van der Waals surface area contributed by atoms with Crippen LogP contribution in [0.25, 0.3) is 0 Å². The van der Waals surface area contributed by atoms with Gasteiger partial charge in [0.1, 0.15) is 4.99 Å². The Bertz CT molecular complexity index is 459. The van der Waals surface area contributed by atoms with Gasteiger partial charge in [-0.25, -0.2) is 0 Å². The van der Waals surface area contributed by atoms with Crippen LogP contribution in [0.5, 0.6) is 0 Å². The van der Waals surface area contributed by atoms with Crippen LogP contribution in [0, 0.1) is 6.92 Å². The van der Waals surface area contributed by atoms with Crippen molar-refractivity contribution in [2.45, 2.75) is 44.4 Å². The van der Waals surface area contributed by atoms with Crippen molar-refractivity contribution in [3.63, 3.8) is 0 Å². The molecule has 0 spiro atoms. The highest BCUT2D eigenvalue weighted by Crippen LogP contribution is 2.32. The molecule has 1 aromatic rings. The molecule has 1 saturated carbocycles. The fraction of sp³-hybridized carbons (Fsp3) is 0.533. The Hall–Kier alpha value is -0.740. The number of anilines is 1. The monoisotopic (exact) mass is 294 g/mol. The van der Waals surface area contributed by atoms with Gasteiger partial charge in [-0.15, -0.1) is 0 Å². The van der Waals surface area contributed by atoms with Crippen LogP contribution in [0.2, 0.25) is 0 Å². The molecule has 1 aliphatic carbocycles. The lowest BCUT2D eigenvalue weighted by atomic mass is 10.1. The molecule has 0 aliphatic heterocycles. The SMILES string of the molecule is CCSC1CCCC1Nc1ccc(C(N)=S)c(C)c1. The number of benzene rings is 1. The third kappa shape index (κ3) is 3.63. The number of nitrogens with one attached hydrogen (secondary N) is 1. The summed E-state index contributed by atoms with van der Waals surface area (Å²) < 4.78 is 0. The van der Waals surface area contributed by atoms with Crippen molar-refractivity contribution in [3.05, 3.63) is 29.3 Å². The van der Waals surface area contributed by atoms with Crippen LogP contribution in [0.4, 0.5) is 5.69 Å². The minimum absolute atomic E-state index is 0.476. The topological polar surface area (TPSA) is 38.0 Å². The van der Waals surface area contributed by atoms with E-state index < -0.39 is 0 Å². The molecule has 4 heteroatoms. The van der Waals surface area contributed by atoms with Gasteiger partial charge >= 0.3 is 0 Å². The van der Waals surface area contributed by atoms with E-state index in [1.165, 1.54) is 30.7 Å². The van der Waals surface area contributed by atoms with E-state index in [0.717, 1.165) is 16.4 Å².